The van der Waals surface area contributed by atoms with E-state index in [0.29, 0.717) is 0 Å². The summed E-state index contributed by atoms with van der Waals surface area (Å²) in [7, 11) is 0. The minimum Gasteiger partial charge on any atom is -0.329 e. The van der Waals surface area contributed by atoms with E-state index in [1.54, 1.807) is 5.51 Å². The van der Waals surface area contributed by atoms with E-state index in [1.165, 1.54) is 16.9 Å². The Balaban J connectivity index is 1.57. The van der Waals surface area contributed by atoms with E-state index >= 15 is 0 Å². The first-order chi connectivity index (χ1) is 12.7. The summed E-state index contributed by atoms with van der Waals surface area (Å²) in [6.07, 6.45) is 2.79. The van der Waals surface area contributed by atoms with Crippen molar-refractivity contribution in [1.82, 2.24) is 14.9 Å². The first-order valence-corrected chi connectivity index (χ1v) is 9.81. The summed E-state index contributed by atoms with van der Waals surface area (Å²) in [5.41, 5.74) is 5.84. The average Bonchev–Trinajstić information content (AvgIpc) is 3.31. The average molecular weight is 363 g/mol. The van der Waals surface area contributed by atoms with E-state index in [4.69, 9.17) is 4.98 Å². The number of likely N-dealkylation sites (tertiary alicyclic amines) is 1. The number of hydrogen-bond donors (Lipinski definition) is 0. The highest BCUT2D eigenvalue weighted by atomic mass is 32.1. The number of hydrogen-bond acceptors (Lipinski definition) is 4. The van der Waals surface area contributed by atoms with Crippen LogP contribution in [0.15, 0.2) is 54.0 Å². The molecule has 1 unspecified atom stereocenters. The predicted octanol–water partition coefficient (Wildman–Crippen LogP) is 4.41. The highest BCUT2D eigenvalue weighted by Gasteiger charge is 2.32. The monoisotopic (exact) mass is 363 g/mol. The van der Waals surface area contributed by atoms with Crippen LogP contribution in [0.5, 0.6) is 0 Å². The van der Waals surface area contributed by atoms with Crippen molar-refractivity contribution >= 4 is 17.2 Å². The summed E-state index contributed by atoms with van der Waals surface area (Å²) in [6.45, 7) is 2.68. The zero-order valence-corrected chi connectivity index (χ0v) is 15.6. The number of benzene rings is 1. The number of aromatic nitrogens is 2. The number of rotatable bonds is 4. The van der Waals surface area contributed by atoms with Crippen LogP contribution in [-0.2, 0) is 6.42 Å². The van der Waals surface area contributed by atoms with Crippen LogP contribution in [0.2, 0.25) is 0 Å². The van der Waals surface area contributed by atoms with Crippen LogP contribution < -0.4 is 0 Å². The second kappa shape index (κ2) is 7.38. The molecule has 1 saturated heterocycles. The maximum Gasteiger partial charge on any atom is 0.266 e. The summed E-state index contributed by atoms with van der Waals surface area (Å²) >= 11 is 1.42. The molecule has 2 aromatic heterocycles. The van der Waals surface area contributed by atoms with Crippen LogP contribution in [-0.4, -0.2) is 27.3 Å². The van der Waals surface area contributed by atoms with E-state index in [9.17, 15) is 4.79 Å². The number of carbonyl (C=O) groups excluding carboxylic acids is 1. The van der Waals surface area contributed by atoms with Crippen molar-refractivity contribution in [3.8, 4) is 0 Å². The molecule has 4 rings (SSSR count). The molecule has 0 N–H and O–H groups in total. The lowest BCUT2D eigenvalue weighted by Crippen LogP contribution is -2.31. The highest BCUT2D eigenvalue weighted by Crippen LogP contribution is 2.33. The molecule has 0 radical (unpaired) electrons. The molecule has 1 amide bonds. The van der Waals surface area contributed by atoms with E-state index in [0.717, 1.165) is 47.8 Å². The Morgan fingerprint density at radius 1 is 1.19 bits per heavy atom. The quantitative estimate of drug-likeness (QED) is 0.689. The normalized spacial score (nSPS) is 16.8. The minimum atomic E-state index is 0.0553. The molecule has 1 aromatic carbocycles. The fourth-order valence-electron chi connectivity index (χ4n) is 3.54. The molecule has 5 heteroatoms. The van der Waals surface area contributed by atoms with E-state index < -0.39 is 0 Å². The van der Waals surface area contributed by atoms with Gasteiger partial charge in [-0.1, -0.05) is 36.4 Å². The van der Waals surface area contributed by atoms with Crippen LogP contribution in [0.25, 0.3) is 0 Å². The molecule has 3 heterocycles. The third-order valence-corrected chi connectivity index (χ3v) is 5.77. The van der Waals surface area contributed by atoms with Gasteiger partial charge in [0.05, 0.1) is 22.9 Å². The van der Waals surface area contributed by atoms with E-state index in [1.807, 2.05) is 36.1 Å². The lowest BCUT2D eigenvalue weighted by atomic mass is 10.1. The summed E-state index contributed by atoms with van der Waals surface area (Å²) in [5, 5.41) is 0. The molecule has 1 aliphatic rings. The number of carbonyl (C=O) groups is 1. The van der Waals surface area contributed by atoms with Crippen molar-refractivity contribution in [2.24, 2.45) is 0 Å². The van der Waals surface area contributed by atoms with Gasteiger partial charge in [0.1, 0.15) is 4.88 Å². The Kier molecular flexibility index (Phi) is 4.80. The fourth-order valence-corrected chi connectivity index (χ4v) is 4.30. The molecular weight excluding hydrogens is 342 g/mol. The Labute approximate surface area is 157 Å². The maximum absolute atomic E-state index is 13.0. The fraction of sp³-hybridized carbons (Fsp3) is 0.286. The second-order valence-corrected chi connectivity index (χ2v) is 7.49. The lowest BCUT2D eigenvalue weighted by molar-refractivity contribution is 0.0736. The number of amides is 1. The third kappa shape index (κ3) is 3.40. The number of aryl methyl sites for hydroxylation is 1. The molecule has 1 aliphatic heterocycles. The molecule has 1 fully saturated rings. The Bertz CT molecular complexity index is 906. The highest BCUT2D eigenvalue weighted by molar-refractivity contribution is 7.11. The molecule has 132 valence electrons. The maximum atomic E-state index is 13.0. The van der Waals surface area contributed by atoms with Crippen molar-refractivity contribution < 1.29 is 4.79 Å². The van der Waals surface area contributed by atoms with Crippen LogP contribution in [0.3, 0.4) is 0 Å². The Hall–Kier alpha value is -2.53. The summed E-state index contributed by atoms with van der Waals surface area (Å²) in [5.74, 6) is 0.0859. The number of pyridine rings is 1. The summed E-state index contributed by atoms with van der Waals surface area (Å²) in [4.78, 5) is 24.8. The van der Waals surface area contributed by atoms with Crippen LogP contribution >= 0.6 is 11.3 Å². The topological polar surface area (TPSA) is 46.1 Å². The van der Waals surface area contributed by atoms with Gasteiger partial charge in [-0.3, -0.25) is 9.78 Å². The van der Waals surface area contributed by atoms with Crippen molar-refractivity contribution in [3.63, 3.8) is 0 Å². The molecule has 0 bridgehead atoms. The van der Waals surface area contributed by atoms with Gasteiger partial charge in [-0.15, -0.1) is 11.3 Å². The van der Waals surface area contributed by atoms with Gasteiger partial charge in [0.15, 0.2) is 0 Å². The van der Waals surface area contributed by atoms with E-state index in [2.05, 4.69) is 29.2 Å². The molecule has 4 nitrogen and oxygen atoms in total. The molecular formula is C21H21N3OS. The van der Waals surface area contributed by atoms with Crippen molar-refractivity contribution in [2.45, 2.75) is 32.2 Å². The standard InChI is InChI=1S/C21H21N3OS/c1-15-20(26-14-22-15)21(25)24-12-6-11-19(24)18-10-5-9-17(23-18)13-16-7-3-2-4-8-16/h2-5,7-10,14,19H,6,11-13H2,1H3. The van der Waals surface area contributed by atoms with Gasteiger partial charge < -0.3 is 4.90 Å². The van der Waals surface area contributed by atoms with E-state index in [-0.39, 0.29) is 11.9 Å². The number of nitrogens with zero attached hydrogens (tertiary/aromatic N) is 3. The molecule has 1 atom stereocenters. The van der Waals surface area contributed by atoms with Gasteiger partial charge in [0.25, 0.3) is 5.91 Å². The minimum absolute atomic E-state index is 0.0553. The summed E-state index contributed by atoms with van der Waals surface area (Å²) in [6, 6.07) is 16.6. The second-order valence-electron chi connectivity index (χ2n) is 6.64. The predicted molar refractivity (Wildman–Crippen MR) is 103 cm³/mol. The van der Waals surface area contributed by atoms with Crippen LogP contribution in [0.1, 0.15) is 51.2 Å². The summed E-state index contributed by atoms with van der Waals surface area (Å²) < 4.78 is 0. The smallest absolute Gasteiger partial charge is 0.266 e. The Morgan fingerprint density at radius 3 is 2.81 bits per heavy atom. The van der Waals surface area contributed by atoms with Gasteiger partial charge in [-0.2, -0.15) is 0 Å². The molecule has 0 aliphatic carbocycles. The van der Waals surface area contributed by atoms with Gasteiger partial charge in [0, 0.05) is 18.7 Å². The third-order valence-electron chi connectivity index (χ3n) is 4.85. The van der Waals surface area contributed by atoms with Gasteiger partial charge in [0.2, 0.25) is 0 Å². The lowest BCUT2D eigenvalue weighted by Gasteiger charge is -2.24. The molecule has 0 spiro atoms. The van der Waals surface area contributed by atoms with Crippen molar-refractivity contribution in [1.29, 1.82) is 0 Å². The first kappa shape index (κ1) is 16.9. The zero-order chi connectivity index (χ0) is 17.9. The van der Waals surface area contributed by atoms with Gasteiger partial charge in [-0.05, 0) is 37.5 Å². The van der Waals surface area contributed by atoms with Gasteiger partial charge >= 0.3 is 0 Å². The van der Waals surface area contributed by atoms with Crippen molar-refractivity contribution in [3.05, 3.63) is 81.6 Å². The molecule has 3 aromatic rings. The SMILES string of the molecule is Cc1ncsc1C(=O)N1CCCC1c1cccc(Cc2ccccc2)n1. The zero-order valence-electron chi connectivity index (χ0n) is 14.8. The Morgan fingerprint density at radius 2 is 2.04 bits per heavy atom. The van der Waals surface area contributed by atoms with Crippen molar-refractivity contribution in [2.75, 3.05) is 6.54 Å². The molecule has 26 heavy (non-hydrogen) atoms. The van der Waals surface area contributed by atoms with Crippen LogP contribution in [0.4, 0.5) is 0 Å². The first-order valence-electron chi connectivity index (χ1n) is 8.93. The number of thiazole rings is 1. The largest absolute Gasteiger partial charge is 0.329 e. The van der Waals surface area contributed by atoms with Gasteiger partial charge in [-0.25, -0.2) is 4.98 Å². The van der Waals surface area contributed by atoms with Crippen LogP contribution in [0, 0.1) is 6.92 Å². The molecule has 0 saturated carbocycles.